The molecule has 0 amide bonds. The molecule has 2 aromatic rings. The molecule has 0 aliphatic rings. The van der Waals surface area contributed by atoms with E-state index in [4.69, 9.17) is 5.73 Å². The van der Waals surface area contributed by atoms with E-state index in [-0.39, 0.29) is 11.5 Å². The molecule has 0 atom stereocenters. The Balaban J connectivity index is 1.91. The monoisotopic (exact) mass is 258 g/mol. The summed E-state index contributed by atoms with van der Waals surface area (Å²) < 4.78 is 13.3. The van der Waals surface area contributed by atoms with Crippen LogP contribution in [0.15, 0.2) is 48.5 Å². The molecule has 0 unspecified atom stereocenters. The Bertz CT molecular complexity index is 526. The van der Waals surface area contributed by atoms with E-state index in [1.807, 2.05) is 31.3 Å². The average molecular weight is 258 g/mol. The minimum Gasteiger partial charge on any atom is -0.396 e. The Kier molecular flexibility index (Phi) is 4.53. The molecule has 0 aromatic heterocycles. The first-order chi connectivity index (χ1) is 9.16. The second-order valence-electron chi connectivity index (χ2n) is 4.79. The Morgan fingerprint density at radius 2 is 1.79 bits per heavy atom. The van der Waals surface area contributed by atoms with Gasteiger partial charge < -0.3 is 10.6 Å². The fourth-order valence-corrected chi connectivity index (χ4v) is 2.05. The number of anilines is 1. The van der Waals surface area contributed by atoms with Crippen LogP contribution in [-0.4, -0.2) is 18.5 Å². The molecule has 2 N–H and O–H groups in total. The van der Waals surface area contributed by atoms with Crippen LogP contribution in [0, 0.1) is 5.82 Å². The quantitative estimate of drug-likeness (QED) is 0.835. The van der Waals surface area contributed by atoms with Gasteiger partial charge in [0.05, 0.1) is 5.69 Å². The van der Waals surface area contributed by atoms with Gasteiger partial charge in [-0.25, -0.2) is 4.39 Å². The highest BCUT2D eigenvalue weighted by Crippen LogP contribution is 2.17. The lowest BCUT2D eigenvalue weighted by Crippen LogP contribution is -2.21. The van der Waals surface area contributed by atoms with Crippen LogP contribution < -0.4 is 5.73 Å². The first-order valence-electron chi connectivity index (χ1n) is 6.42. The van der Waals surface area contributed by atoms with Gasteiger partial charge in [-0.3, -0.25) is 0 Å². The van der Waals surface area contributed by atoms with Gasteiger partial charge in [0.25, 0.3) is 0 Å². The zero-order chi connectivity index (χ0) is 13.7. The molecule has 0 spiro atoms. The van der Waals surface area contributed by atoms with E-state index in [0.717, 1.165) is 18.5 Å². The van der Waals surface area contributed by atoms with Gasteiger partial charge in [-0.2, -0.15) is 0 Å². The van der Waals surface area contributed by atoms with Crippen LogP contribution in [0.5, 0.6) is 0 Å². The number of nitrogens with two attached hydrogens (primary N) is 1. The van der Waals surface area contributed by atoms with E-state index in [1.165, 1.54) is 11.6 Å². The number of para-hydroxylation sites is 1. The van der Waals surface area contributed by atoms with Crippen LogP contribution in [0.1, 0.15) is 11.1 Å². The summed E-state index contributed by atoms with van der Waals surface area (Å²) in [5.41, 5.74) is 8.14. The van der Waals surface area contributed by atoms with Crippen molar-refractivity contribution in [2.24, 2.45) is 0 Å². The topological polar surface area (TPSA) is 29.3 Å². The summed E-state index contributed by atoms with van der Waals surface area (Å²) in [6.07, 6.45) is 0.979. The summed E-state index contributed by atoms with van der Waals surface area (Å²) in [4.78, 5) is 2.15. The summed E-state index contributed by atoms with van der Waals surface area (Å²) >= 11 is 0. The SMILES string of the molecule is CN(CCc1ccccc1)Cc1cccc(F)c1N. The van der Waals surface area contributed by atoms with Gasteiger partial charge >= 0.3 is 0 Å². The number of benzene rings is 2. The molecule has 0 bridgehead atoms. The molecule has 100 valence electrons. The summed E-state index contributed by atoms with van der Waals surface area (Å²) in [7, 11) is 2.02. The van der Waals surface area contributed by atoms with E-state index in [1.54, 1.807) is 6.07 Å². The maximum Gasteiger partial charge on any atom is 0.146 e. The van der Waals surface area contributed by atoms with Gasteiger partial charge in [-0.05, 0) is 30.7 Å². The summed E-state index contributed by atoms with van der Waals surface area (Å²) in [5, 5.41) is 0. The first-order valence-corrected chi connectivity index (χ1v) is 6.42. The Hall–Kier alpha value is -1.87. The minimum absolute atomic E-state index is 0.258. The Morgan fingerprint density at radius 1 is 1.05 bits per heavy atom. The van der Waals surface area contributed by atoms with Crippen molar-refractivity contribution in [3.63, 3.8) is 0 Å². The standard InChI is InChI=1S/C16H19FN2/c1-19(11-10-13-6-3-2-4-7-13)12-14-8-5-9-15(17)16(14)18/h2-9H,10-12,18H2,1H3. The Labute approximate surface area is 113 Å². The number of hydrogen-bond acceptors (Lipinski definition) is 2. The summed E-state index contributed by atoms with van der Waals surface area (Å²) in [6, 6.07) is 15.3. The van der Waals surface area contributed by atoms with Crippen molar-refractivity contribution in [2.75, 3.05) is 19.3 Å². The van der Waals surface area contributed by atoms with Crippen molar-refractivity contribution in [2.45, 2.75) is 13.0 Å². The zero-order valence-electron chi connectivity index (χ0n) is 11.1. The van der Waals surface area contributed by atoms with Crippen molar-refractivity contribution in [1.29, 1.82) is 0 Å². The molecule has 19 heavy (non-hydrogen) atoms. The predicted molar refractivity (Wildman–Crippen MR) is 77.3 cm³/mol. The van der Waals surface area contributed by atoms with Gasteiger partial charge in [0.2, 0.25) is 0 Å². The van der Waals surface area contributed by atoms with Crippen LogP contribution in [0.25, 0.3) is 0 Å². The molecule has 0 aliphatic carbocycles. The second-order valence-corrected chi connectivity index (χ2v) is 4.79. The molecule has 0 heterocycles. The summed E-state index contributed by atoms with van der Waals surface area (Å²) in [5.74, 6) is -0.339. The number of rotatable bonds is 5. The van der Waals surface area contributed by atoms with Crippen LogP contribution >= 0.6 is 0 Å². The third kappa shape index (κ3) is 3.80. The molecule has 0 saturated heterocycles. The third-order valence-electron chi connectivity index (χ3n) is 3.21. The van der Waals surface area contributed by atoms with Gasteiger partial charge in [0.15, 0.2) is 0 Å². The maximum absolute atomic E-state index is 13.3. The van der Waals surface area contributed by atoms with E-state index < -0.39 is 0 Å². The van der Waals surface area contributed by atoms with Gasteiger partial charge in [-0.1, -0.05) is 42.5 Å². The molecular weight excluding hydrogens is 239 g/mol. The average Bonchev–Trinajstić information content (AvgIpc) is 2.43. The van der Waals surface area contributed by atoms with Crippen LogP contribution in [0.4, 0.5) is 10.1 Å². The lowest BCUT2D eigenvalue weighted by atomic mass is 10.1. The zero-order valence-corrected chi connectivity index (χ0v) is 11.1. The molecule has 2 rings (SSSR count). The normalized spacial score (nSPS) is 10.9. The number of nitrogen functional groups attached to an aromatic ring is 1. The fraction of sp³-hybridized carbons (Fsp3) is 0.250. The van der Waals surface area contributed by atoms with Gasteiger partial charge in [0.1, 0.15) is 5.82 Å². The minimum atomic E-state index is -0.339. The maximum atomic E-state index is 13.3. The molecule has 2 nitrogen and oxygen atoms in total. The van der Waals surface area contributed by atoms with E-state index in [9.17, 15) is 4.39 Å². The van der Waals surface area contributed by atoms with Crippen molar-refractivity contribution in [3.05, 3.63) is 65.5 Å². The summed E-state index contributed by atoms with van der Waals surface area (Å²) in [6.45, 7) is 1.58. The molecule has 0 saturated carbocycles. The van der Waals surface area contributed by atoms with Crippen LogP contribution in [-0.2, 0) is 13.0 Å². The number of hydrogen-bond donors (Lipinski definition) is 1. The lowest BCUT2D eigenvalue weighted by Gasteiger charge is -2.18. The predicted octanol–water partition coefficient (Wildman–Crippen LogP) is 3.08. The number of nitrogens with zero attached hydrogens (tertiary/aromatic N) is 1. The van der Waals surface area contributed by atoms with Gasteiger partial charge in [0, 0.05) is 13.1 Å². The smallest absolute Gasteiger partial charge is 0.146 e. The molecule has 0 radical (unpaired) electrons. The van der Waals surface area contributed by atoms with Crippen molar-refractivity contribution < 1.29 is 4.39 Å². The first kappa shape index (κ1) is 13.6. The van der Waals surface area contributed by atoms with Crippen molar-refractivity contribution >= 4 is 5.69 Å². The number of likely N-dealkylation sites (N-methyl/N-ethyl adjacent to an activating group) is 1. The van der Waals surface area contributed by atoms with E-state index >= 15 is 0 Å². The largest absolute Gasteiger partial charge is 0.396 e. The highest BCUT2D eigenvalue weighted by atomic mass is 19.1. The highest BCUT2D eigenvalue weighted by molar-refractivity contribution is 5.47. The van der Waals surface area contributed by atoms with Crippen molar-refractivity contribution in [1.82, 2.24) is 4.90 Å². The van der Waals surface area contributed by atoms with Crippen LogP contribution in [0.3, 0.4) is 0 Å². The molecular formula is C16H19FN2. The van der Waals surface area contributed by atoms with Crippen molar-refractivity contribution in [3.8, 4) is 0 Å². The van der Waals surface area contributed by atoms with Gasteiger partial charge in [-0.15, -0.1) is 0 Å². The lowest BCUT2D eigenvalue weighted by molar-refractivity contribution is 0.331. The van der Waals surface area contributed by atoms with E-state index in [0.29, 0.717) is 6.54 Å². The van der Waals surface area contributed by atoms with E-state index in [2.05, 4.69) is 17.0 Å². The molecule has 3 heteroatoms. The molecule has 0 fully saturated rings. The molecule has 0 aliphatic heterocycles. The number of halogens is 1. The highest BCUT2D eigenvalue weighted by Gasteiger charge is 2.07. The van der Waals surface area contributed by atoms with Crippen LogP contribution in [0.2, 0.25) is 0 Å². The third-order valence-corrected chi connectivity index (χ3v) is 3.21. The Morgan fingerprint density at radius 3 is 2.53 bits per heavy atom. The fourth-order valence-electron chi connectivity index (χ4n) is 2.05. The molecule has 2 aromatic carbocycles. The second kappa shape index (κ2) is 6.34.